The van der Waals surface area contributed by atoms with Crippen molar-refractivity contribution in [3.63, 3.8) is 0 Å². The smallest absolute Gasteiger partial charge is 0.410 e. The summed E-state index contributed by atoms with van der Waals surface area (Å²) in [5.74, 6) is 0. The molecule has 1 aromatic heterocycles. The van der Waals surface area contributed by atoms with Crippen LogP contribution in [0, 0.1) is 0 Å². The molecule has 178 valence electrons. The summed E-state index contributed by atoms with van der Waals surface area (Å²) >= 11 is 1.29. The number of hydrogen-bond donors (Lipinski definition) is 1. The second kappa shape index (κ2) is 8.84. The van der Waals surface area contributed by atoms with Crippen LogP contribution in [0.4, 0.5) is 13.6 Å². The molecule has 0 aliphatic carbocycles. The van der Waals surface area contributed by atoms with Gasteiger partial charge in [0.2, 0.25) is 0 Å². The van der Waals surface area contributed by atoms with Gasteiger partial charge >= 0.3 is 6.09 Å². The third kappa shape index (κ3) is 6.37. The maximum Gasteiger partial charge on any atom is 0.410 e. The molecule has 0 bridgehead atoms. The van der Waals surface area contributed by atoms with E-state index < -0.39 is 51.5 Å². The number of halogens is 2. The third-order valence-electron chi connectivity index (χ3n) is 5.69. The Labute approximate surface area is 192 Å². The molecule has 0 fully saturated rings. The highest BCUT2D eigenvalue weighted by molar-refractivity contribution is 7.94. The standard InChI is InChI=1S/C19H35F2N3O3S2Si2/c1-18(2,3)27-17(25)24-10-9-12-13(30-16(24)15(20)21)11-14(28-12)29(22,26)23-31(7,8)19(4,5)6/h11,15-16H,9-10,30H2,1-8H3,(H2,22,23,26)/t16-,29?/m0/s1. The number of alkyl halides is 2. The van der Waals surface area contributed by atoms with Crippen LogP contribution in [0.3, 0.4) is 0 Å². The molecule has 12 heteroatoms. The van der Waals surface area contributed by atoms with Gasteiger partial charge in [0.05, 0.1) is 15.2 Å². The Morgan fingerprint density at radius 1 is 1.35 bits per heavy atom. The molecule has 1 amide bonds. The molecule has 1 aliphatic rings. The van der Waals surface area contributed by atoms with Gasteiger partial charge in [0.1, 0.15) is 19.7 Å². The molecule has 0 radical (unpaired) electrons. The molecule has 0 spiro atoms. The molecular weight excluding hydrogens is 477 g/mol. The Balaban J connectivity index is 2.39. The summed E-state index contributed by atoms with van der Waals surface area (Å²) in [7, 11) is -6.97. The lowest BCUT2D eigenvalue weighted by Crippen LogP contribution is -2.51. The van der Waals surface area contributed by atoms with Crippen LogP contribution in [0.25, 0.3) is 0 Å². The van der Waals surface area contributed by atoms with Crippen molar-refractivity contribution in [3.8, 4) is 0 Å². The predicted octanol–water partition coefficient (Wildman–Crippen LogP) is 3.63. The Bertz CT molecular complexity index is 946. The van der Waals surface area contributed by atoms with E-state index in [9.17, 15) is 17.8 Å². The van der Waals surface area contributed by atoms with Gasteiger partial charge in [-0.25, -0.2) is 22.9 Å². The van der Waals surface area contributed by atoms with Crippen LogP contribution in [0.2, 0.25) is 18.1 Å². The van der Waals surface area contributed by atoms with Gasteiger partial charge in [-0.05, 0) is 56.6 Å². The third-order valence-corrected chi connectivity index (χ3v) is 17.5. The lowest BCUT2D eigenvalue weighted by atomic mass is 10.2. The van der Waals surface area contributed by atoms with Crippen LogP contribution in [0.1, 0.15) is 46.4 Å². The van der Waals surface area contributed by atoms with Crippen LogP contribution in [0.5, 0.6) is 0 Å². The lowest BCUT2D eigenvalue weighted by molar-refractivity contribution is 0.00279. The molecule has 2 atom stereocenters. The number of hydrogen-bond acceptors (Lipinski definition) is 5. The van der Waals surface area contributed by atoms with E-state index in [0.29, 0.717) is 10.6 Å². The molecule has 0 saturated carbocycles. The van der Waals surface area contributed by atoms with E-state index in [4.69, 9.17) is 9.88 Å². The summed E-state index contributed by atoms with van der Waals surface area (Å²) in [6.45, 7) is 15.5. The van der Waals surface area contributed by atoms with Gasteiger partial charge in [-0.15, -0.1) is 11.3 Å². The van der Waals surface area contributed by atoms with Gasteiger partial charge < -0.3 is 9.64 Å². The Hall–Kier alpha value is -0.826. The van der Waals surface area contributed by atoms with Crippen LogP contribution in [-0.4, -0.2) is 57.2 Å². The largest absolute Gasteiger partial charge is 0.444 e. The van der Waals surface area contributed by atoms with Crippen molar-refractivity contribution >= 4 is 50.3 Å². The van der Waals surface area contributed by atoms with Gasteiger partial charge in [-0.1, -0.05) is 20.8 Å². The topological polar surface area (TPSA) is 85.0 Å². The molecule has 2 rings (SSSR count). The number of carbonyl (C=O) groups is 1. The van der Waals surface area contributed by atoms with Crippen molar-refractivity contribution in [3.05, 3.63) is 10.9 Å². The fourth-order valence-corrected chi connectivity index (χ4v) is 12.1. The summed E-state index contributed by atoms with van der Waals surface area (Å²) in [6.07, 6.45) is -2.98. The summed E-state index contributed by atoms with van der Waals surface area (Å²) < 4.78 is 51.6. The van der Waals surface area contributed by atoms with E-state index in [2.05, 4.69) is 24.8 Å². The molecule has 1 unspecified atom stereocenters. The van der Waals surface area contributed by atoms with Crippen LogP contribution >= 0.6 is 11.3 Å². The predicted molar refractivity (Wildman–Crippen MR) is 129 cm³/mol. The van der Waals surface area contributed by atoms with Crippen LogP contribution in [-0.2, 0) is 21.1 Å². The van der Waals surface area contributed by atoms with E-state index in [1.165, 1.54) is 16.2 Å². The lowest BCUT2D eigenvalue weighted by Gasteiger charge is -2.32. The Morgan fingerprint density at radius 3 is 2.42 bits per heavy atom. The van der Waals surface area contributed by atoms with Gasteiger partial charge in [-0.2, -0.15) is 0 Å². The zero-order valence-corrected chi connectivity index (χ0v) is 23.7. The number of nitrogens with zero attached hydrogens (tertiary/aromatic N) is 2. The number of nitrogens with two attached hydrogens (primary N) is 1. The Kier molecular flexibility index (Phi) is 7.54. The summed E-state index contributed by atoms with van der Waals surface area (Å²) in [6, 6.07) is 1.71. The second-order valence-electron chi connectivity index (χ2n) is 10.5. The summed E-state index contributed by atoms with van der Waals surface area (Å²) in [5.41, 5.74) is -1.93. The van der Waals surface area contributed by atoms with E-state index in [-0.39, 0.29) is 11.6 Å². The minimum absolute atomic E-state index is 0.118. The Morgan fingerprint density at radius 2 is 1.94 bits per heavy atom. The van der Waals surface area contributed by atoms with Crippen molar-refractivity contribution < 1.29 is 22.5 Å². The van der Waals surface area contributed by atoms with Gasteiger partial charge in [0, 0.05) is 11.4 Å². The number of amides is 1. The normalized spacial score (nSPS) is 20.9. The minimum Gasteiger partial charge on any atom is -0.444 e. The highest BCUT2D eigenvalue weighted by Crippen LogP contribution is 2.38. The fraction of sp³-hybridized carbons (Fsp3) is 0.737. The zero-order valence-electron chi connectivity index (χ0n) is 19.6. The maximum atomic E-state index is 13.9. The number of rotatable bonds is 3. The molecule has 1 aromatic rings. The first-order valence-corrected chi connectivity index (χ1v) is 17.2. The molecule has 0 saturated heterocycles. The van der Waals surface area contributed by atoms with Crippen molar-refractivity contribution in [2.45, 2.75) is 88.0 Å². The van der Waals surface area contributed by atoms with E-state index in [1.54, 1.807) is 26.8 Å². The molecular formula is C19H35F2N3O3S2Si2. The van der Waals surface area contributed by atoms with Crippen molar-refractivity contribution in [1.82, 2.24) is 4.90 Å². The number of fused-ring (bicyclic) bond motifs is 1. The highest BCUT2D eigenvalue weighted by Gasteiger charge is 2.39. The monoisotopic (exact) mass is 511 g/mol. The average molecular weight is 512 g/mol. The van der Waals surface area contributed by atoms with E-state index >= 15 is 0 Å². The first kappa shape index (κ1) is 26.4. The first-order valence-electron chi connectivity index (χ1n) is 10.3. The summed E-state index contributed by atoms with van der Waals surface area (Å²) in [5, 5.41) is 6.87. The van der Waals surface area contributed by atoms with Crippen molar-refractivity contribution in [2.24, 2.45) is 9.17 Å². The number of carbonyl (C=O) groups excluding carboxylic acids is 1. The SMILES string of the molecule is CC(C)(C)OC(=O)N1CCc2sc(S(N)(=O)=N[Si](C)(C)C(C)(C)C)cc2[SiH2][C@H]1C(F)F. The van der Waals surface area contributed by atoms with Crippen LogP contribution < -0.4 is 10.3 Å². The second-order valence-corrected chi connectivity index (χ2v) is 20.8. The zero-order chi connectivity index (χ0) is 24.0. The maximum absolute atomic E-state index is 13.9. The van der Waals surface area contributed by atoms with Gasteiger partial charge in [-0.3, -0.25) is 4.03 Å². The molecule has 2 N–H and O–H groups in total. The highest BCUT2D eigenvalue weighted by atomic mass is 32.2. The molecule has 6 nitrogen and oxygen atoms in total. The summed E-state index contributed by atoms with van der Waals surface area (Å²) in [4.78, 5) is 14.6. The number of ether oxygens (including phenoxy) is 1. The first-order chi connectivity index (χ1) is 13.8. The van der Waals surface area contributed by atoms with E-state index in [1.807, 2.05) is 13.1 Å². The fourth-order valence-electron chi connectivity index (χ4n) is 2.98. The molecule has 1 aliphatic heterocycles. The van der Waals surface area contributed by atoms with Gasteiger partial charge in [0.25, 0.3) is 6.43 Å². The molecule has 0 aromatic carbocycles. The molecule has 2 heterocycles. The van der Waals surface area contributed by atoms with Gasteiger partial charge in [0.15, 0.2) is 8.24 Å². The van der Waals surface area contributed by atoms with E-state index in [0.717, 1.165) is 10.1 Å². The van der Waals surface area contributed by atoms with Crippen molar-refractivity contribution in [2.75, 3.05) is 6.54 Å². The number of thiophene rings is 1. The van der Waals surface area contributed by atoms with Crippen LogP contribution in [0.15, 0.2) is 14.3 Å². The average Bonchev–Trinajstić information content (AvgIpc) is 2.85. The molecule has 31 heavy (non-hydrogen) atoms. The minimum atomic E-state index is -3.11. The van der Waals surface area contributed by atoms with Crippen molar-refractivity contribution in [1.29, 1.82) is 0 Å². The quantitative estimate of drug-likeness (QED) is 0.629.